The number of rotatable bonds is 4. The third kappa shape index (κ3) is 3.06. The molecule has 0 aliphatic heterocycles. The highest BCUT2D eigenvalue weighted by Crippen LogP contribution is 2.26. The van der Waals surface area contributed by atoms with Crippen LogP contribution in [0.5, 0.6) is 0 Å². The molecule has 16 heavy (non-hydrogen) atoms. The van der Waals surface area contributed by atoms with Crippen LogP contribution in [0.4, 0.5) is 13.2 Å². The molecule has 0 bridgehead atoms. The zero-order chi connectivity index (χ0) is 13.2. The molecule has 0 amide bonds. The summed E-state index contributed by atoms with van der Waals surface area (Å²) in [5, 5.41) is 28.3. The van der Waals surface area contributed by atoms with E-state index in [-0.39, 0.29) is 0 Å². The maximum Gasteiger partial charge on any atom is 0.518 e. The first kappa shape index (κ1) is 15.1. The Labute approximate surface area is 89.1 Å². The van der Waals surface area contributed by atoms with E-state index in [1.807, 2.05) is 4.40 Å². The summed E-state index contributed by atoms with van der Waals surface area (Å²) >= 11 is 0. The monoisotopic (exact) mass is 264 g/mol. The van der Waals surface area contributed by atoms with Crippen molar-refractivity contribution in [3.8, 4) is 0 Å². The van der Waals surface area contributed by atoms with Gasteiger partial charge < -0.3 is 15.3 Å². The van der Waals surface area contributed by atoms with Gasteiger partial charge in [-0.1, -0.05) is 6.92 Å². The first-order valence-corrected chi connectivity index (χ1v) is 5.24. The summed E-state index contributed by atoms with van der Waals surface area (Å²) in [4.78, 5) is 0. The minimum atomic E-state index is -5.95. The van der Waals surface area contributed by atoms with Gasteiger partial charge in [0.05, 0.1) is 13.2 Å². The van der Waals surface area contributed by atoms with E-state index in [1.54, 1.807) is 0 Å². The van der Waals surface area contributed by atoms with Crippen LogP contribution in [0.3, 0.4) is 0 Å². The van der Waals surface area contributed by atoms with Crippen LogP contribution in [-0.4, -0.2) is 43.3 Å². The summed E-state index contributed by atoms with van der Waals surface area (Å²) < 4.78 is 58.4. The molecule has 0 aromatic heterocycles. The molecule has 0 heterocycles. The fraction of sp³-hybridized carbons (Fsp3) is 0.833. The van der Waals surface area contributed by atoms with E-state index in [0.717, 1.165) is 6.92 Å². The highest BCUT2D eigenvalue weighted by atomic mass is 32.2. The molecule has 0 rings (SSSR count). The minimum Gasteiger partial charge on any atom is -0.861 e. The highest BCUT2D eigenvalue weighted by molar-refractivity contribution is 7.91. The lowest BCUT2D eigenvalue weighted by Gasteiger charge is -2.30. The van der Waals surface area contributed by atoms with Crippen molar-refractivity contribution in [1.29, 1.82) is 0 Å². The van der Waals surface area contributed by atoms with Crippen LogP contribution >= 0.6 is 0 Å². The number of nitrogens with zero attached hydrogens (tertiary/aromatic N) is 1. The second-order valence-corrected chi connectivity index (χ2v) is 4.79. The average molecular weight is 264 g/mol. The van der Waals surface area contributed by atoms with Crippen LogP contribution in [0.15, 0.2) is 4.40 Å². The van der Waals surface area contributed by atoms with E-state index < -0.39 is 40.1 Å². The molecule has 0 fully saturated rings. The molecule has 0 saturated heterocycles. The van der Waals surface area contributed by atoms with E-state index >= 15 is 0 Å². The van der Waals surface area contributed by atoms with Crippen molar-refractivity contribution in [3.63, 3.8) is 0 Å². The summed E-state index contributed by atoms with van der Waals surface area (Å²) in [6.45, 7) is -1.18. The van der Waals surface area contributed by atoms with E-state index in [9.17, 15) is 26.7 Å². The van der Waals surface area contributed by atoms with E-state index in [0.29, 0.717) is 0 Å². The van der Waals surface area contributed by atoms with E-state index in [4.69, 9.17) is 10.2 Å². The number of aliphatic hydroxyl groups is 2. The number of aliphatic hydroxyl groups excluding tert-OH is 2. The molecule has 0 aliphatic carbocycles. The molecule has 0 aromatic rings. The van der Waals surface area contributed by atoms with Gasteiger partial charge in [-0.3, -0.25) is 0 Å². The van der Waals surface area contributed by atoms with Gasteiger partial charge >= 0.3 is 15.5 Å². The fourth-order valence-corrected chi connectivity index (χ4v) is 0.999. The molecule has 0 aliphatic rings. The Kier molecular flexibility index (Phi) is 4.31. The first-order valence-electron chi connectivity index (χ1n) is 3.80. The fourth-order valence-electron chi connectivity index (χ4n) is 0.456. The predicted molar refractivity (Wildman–Crippen MR) is 44.7 cm³/mol. The predicted octanol–water partition coefficient (Wildman–Crippen LogP) is -1.41. The average Bonchev–Trinajstić information content (AvgIpc) is 2.14. The van der Waals surface area contributed by atoms with Gasteiger partial charge in [-0.15, -0.1) is 0 Å². The largest absolute Gasteiger partial charge is 0.861 e. The van der Waals surface area contributed by atoms with Gasteiger partial charge in [-0.2, -0.15) is 26.0 Å². The van der Waals surface area contributed by atoms with Crippen LogP contribution in [0.2, 0.25) is 0 Å². The normalized spacial score (nSPS) is 15.2. The lowest BCUT2D eigenvalue weighted by Crippen LogP contribution is -2.44. The Balaban J connectivity index is 5.37. The lowest BCUT2D eigenvalue weighted by atomic mass is 9.93. The standard InChI is InChI=1S/C6H10F3NO5S/c1-5(2-11,3-12)4(13)10-16(14,15)6(7,8)9/h11-12H,2-3H2,1H3,(H,10,13)/p-1. The van der Waals surface area contributed by atoms with Gasteiger partial charge in [0.25, 0.3) is 0 Å². The van der Waals surface area contributed by atoms with Crippen LogP contribution in [0.1, 0.15) is 6.92 Å². The Hall–Kier alpha value is -0.870. The Morgan fingerprint density at radius 1 is 1.31 bits per heavy atom. The van der Waals surface area contributed by atoms with E-state index in [1.165, 1.54) is 0 Å². The number of hydrogen-bond acceptors (Lipinski definition) is 5. The third-order valence-corrected chi connectivity index (χ3v) is 2.70. The van der Waals surface area contributed by atoms with Crippen molar-refractivity contribution in [2.75, 3.05) is 13.2 Å². The molecule has 10 heteroatoms. The minimum absolute atomic E-state index is 0.880. The van der Waals surface area contributed by atoms with Crippen molar-refractivity contribution >= 4 is 15.9 Å². The molecule has 6 nitrogen and oxygen atoms in total. The quantitative estimate of drug-likeness (QED) is 0.478. The summed E-state index contributed by atoms with van der Waals surface area (Å²) in [6.07, 6.45) is 0. The maximum atomic E-state index is 11.8. The molecular weight excluding hydrogens is 255 g/mol. The van der Waals surface area contributed by atoms with E-state index in [2.05, 4.69) is 0 Å². The lowest BCUT2D eigenvalue weighted by molar-refractivity contribution is -0.233. The zero-order valence-corrected chi connectivity index (χ0v) is 8.84. The van der Waals surface area contributed by atoms with Gasteiger partial charge in [-0.25, -0.2) is 0 Å². The number of halogens is 3. The van der Waals surface area contributed by atoms with Crippen LogP contribution < -0.4 is 5.11 Å². The molecule has 0 unspecified atom stereocenters. The second kappa shape index (κ2) is 4.55. The molecule has 0 spiro atoms. The van der Waals surface area contributed by atoms with Crippen LogP contribution in [0.25, 0.3) is 0 Å². The van der Waals surface area contributed by atoms with Gasteiger partial charge in [-0.05, 0) is 5.90 Å². The number of hydrogen-bond donors (Lipinski definition) is 2. The van der Waals surface area contributed by atoms with Gasteiger partial charge in [0.2, 0.25) is 0 Å². The first-order chi connectivity index (χ1) is 7.00. The van der Waals surface area contributed by atoms with Crippen LogP contribution in [-0.2, 0) is 10.0 Å². The summed E-state index contributed by atoms with van der Waals surface area (Å²) in [5.41, 5.74) is -7.74. The molecule has 0 aromatic carbocycles. The second-order valence-electron chi connectivity index (χ2n) is 3.19. The third-order valence-electron chi connectivity index (χ3n) is 1.71. The molecular formula is C6H9F3NO5S-. The maximum absolute atomic E-state index is 11.8. The molecule has 0 radical (unpaired) electrons. The molecule has 0 saturated carbocycles. The van der Waals surface area contributed by atoms with Crippen molar-refractivity contribution in [2.45, 2.75) is 12.4 Å². The van der Waals surface area contributed by atoms with Crippen molar-refractivity contribution in [2.24, 2.45) is 9.81 Å². The topological polar surface area (TPSA) is 110 Å². The summed E-state index contributed by atoms with van der Waals surface area (Å²) in [6, 6.07) is 0. The summed E-state index contributed by atoms with van der Waals surface area (Å²) in [5.74, 6) is -1.75. The molecule has 2 N–H and O–H groups in total. The number of sulfonamides is 1. The summed E-state index contributed by atoms with van der Waals surface area (Å²) in [7, 11) is -5.95. The molecule has 0 atom stereocenters. The zero-order valence-electron chi connectivity index (χ0n) is 8.02. The van der Waals surface area contributed by atoms with Gasteiger partial charge in [0, 0.05) is 5.41 Å². The molecule has 96 valence electrons. The Morgan fingerprint density at radius 2 is 1.69 bits per heavy atom. The van der Waals surface area contributed by atoms with Crippen molar-refractivity contribution < 1.29 is 36.9 Å². The van der Waals surface area contributed by atoms with Gasteiger partial charge in [0.15, 0.2) is 0 Å². The van der Waals surface area contributed by atoms with Gasteiger partial charge in [0.1, 0.15) is 0 Å². The van der Waals surface area contributed by atoms with Crippen molar-refractivity contribution in [1.82, 2.24) is 0 Å². The Bertz CT molecular complexity index is 370. The van der Waals surface area contributed by atoms with Crippen molar-refractivity contribution in [3.05, 3.63) is 0 Å². The smallest absolute Gasteiger partial charge is 0.518 e. The highest BCUT2D eigenvalue weighted by Gasteiger charge is 2.46. The van der Waals surface area contributed by atoms with Crippen LogP contribution in [0, 0.1) is 5.41 Å². The Morgan fingerprint density at radius 3 is 1.94 bits per heavy atom. The SMILES string of the molecule is CC(CO)(CO)/C([O-])=N/S(=O)(=O)C(F)(F)F. The number of alkyl halides is 3.